The monoisotopic (exact) mass is 431 g/mol. The van der Waals surface area contributed by atoms with Gasteiger partial charge in [-0.25, -0.2) is 9.97 Å². The zero-order valence-electron chi connectivity index (χ0n) is 17.5. The molecule has 0 radical (unpaired) electrons. The number of hydrogen-bond acceptors (Lipinski definition) is 7. The highest BCUT2D eigenvalue weighted by atomic mass is 16.5. The maximum atomic E-state index is 13.1. The van der Waals surface area contributed by atoms with Crippen LogP contribution in [0.5, 0.6) is 5.75 Å². The number of benzene rings is 2. The van der Waals surface area contributed by atoms with E-state index in [4.69, 9.17) is 23.3 Å². The molecule has 0 spiro atoms. The van der Waals surface area contributed by atoms with Gasteiger partial charge in [0, 0.05) is 24.2 Å². The van der Waals surface area contributed by atoms with E-state index >= 15 is 0 Å². The summed E-state index contributed by atoms with van der Waals surface area (Å²) in [5.74, 6) is 1.69. The van der Waals surface area contributed by atoms with Crippen LogP contribution in [0.2, 0.25) is 0 Å². The molecule has 0 N–H and O–H groups in total. The molecule has 1 amide bonds. The number of nitrogens with zero attached hydrogens (tertiary/aromatic N) is 3. The van der Waals surface area contributed by atoms with Gasteiger partial charge in [0.05, 0.1) is 20.3 Å². The predicted octanol–water partition coefficient (Wildman–Crippen LogP) is 4.14. The summed E-state index contributed by atoms with van der Waals surface area (Å²) in [6.07, 6.45) is 1.26. The van der Waals surface area contributed by atoms with Crippen molar-refractivity contribution in [2.45, 2.75) is 0 Å². The van der Waals surface area contributed by atoms with E-state index in [0.29, 0.717) is 43.6 Å². The number of rotatable bonds is 5. The van der Waals surface area contributed by atoms with Crippen LogP contribution in [0.4, 0.5) is 0 Å². The van der Waals surface area contributed by atoms with Gasteiger partial charge in [0.1, 0.15) is 5.75 Å². The van der Waals surface area contributed by atoms with Gasteiger partial charge in [-0.05, 0) is 36.4 Å². The number of ether oxygens (including phenoxy) is 2. The van der Waals surface area contributed by atoms with Crippen LogP contribution >= 0.6 is 0 Å². The van der Waals surface area contributed by atoms with E-state index in [2.05, 4.69) is 4.98 Å². The summed E-state index contributed by atoms with van der Waals surface area (Å²) >= 11 is 0. The molecule has 162 valence electrons. The summed E-state index contributed by atoms with van der Waals surface area (Å²) in [7, 11) is 1.61. The number of amides is 1. The van der Waals surface area contributed by atoms with Crippen LogP contribution < -0.4 is 4.74 Å². The van der Waals surface area contributed by atoms with E-state index in [9.17, 15) is 4.79 Å². The van der Waals surface area contributed by atoms with Gasteiger partial charge in [0.25, 0.3) is 5.91 Å². The topological polar surface area (TPSA) is 90.8 Å². The Morgan fingerprint density at radius 3 is 2.44 bits per heavy atom. The average Bonchev–Trinajstić information content (AvgIpc) is 3.52. The zero-order chi connectivity index (χ0) is 21.9. The van der Waals surface area contributed by atoms with E-state index in [0.717, 1.165) is 16.9 Å². The molecule has 0 atom stereocenters. The van der Waals surface area contributed by atoms with Gasteiger partial charge >= 0.3 is 0 Å². The van der Waals surface area contributed by atoms with E-state index in [1.807, 2.05) is 54.6 Å². The van der Waals surface area contributed by atoms with Crippen LogP contribution in [-0.4, -0.2) is 54.2 Å². The van der Waals surface area contributed by atoms with Crippen LogP contribution in [0.15, 0.2) is 69.8 Å². The minimum atomic E-state index is -0.220. The van der Waals surface area contributed by atoms with Crippen molar-refractivity contribution in [1.29, 1.82) is 0 Å². The fraction of sp³-hybridized carbons (Fsp3) is 0.208. The van der Waals surface area contributed by atoms with Crippen molar-refractivity contribution >= 4 is 5.91 Å². The predicted molar refractivity (Wildman–Crippen MR) is 116 cm³/mol. The van der Waals surface area contributed by atoms with Crippen molar-refractivity contribution in [1.82, 2.24) is 14.9 Å². The Hall–Kier alpha value is -3.91. The normalized spacial score (nSPS) is 13.8. The summed E-state index contributed by atoms with van der Waals surface area (Å²) in [6.45, 7) is 2.01. The molecule has 5 rings (SSSR count). The van der Waals surface area contributed by atoms with E-state index in [1.165, 1.54) is 6.39 Å². The maximum absolute atomic E-state index is 13.1. The first-order valence-corrected chi connectivity index (χ1v) is 10.3. The number of aromatic nitrogens is 2. The lowest BCUT2D eigenvalue weighted by Gasteiger charge is -2.26. The van der Waals surface area contributed by atoms with Gasteiger partial charge in [-0.15, -0.1) is 0 Å². The molecule has 1 saturated heterocycles. The quantitative estimate of drug-likeness (QED) is 0.469. The second-order valence-electron chi connectivity index (χ2n) is 7.23. The molecule has 0 unspecified atom stereocenters. The van der Waals surface area contributed by atoms with E-state index in [-0.39, 0.29) is 17.4 Å². The van der Waals surface area contributed by atoms with Crippen molar-refractivity contribution in [3.05, 3.63) is 66.7 Å². The molecule has 32 heavy (non-hydrogen) atoms. The molecule has 0 bridgehead atoms. The molecule has 2 aromatic carbocycles. The fourth-order valence-electron chi connectivity index (χ4n) is 3.60. The number of carbonyl (C=O) groups is 1. The molecule has 8 heteroatoms. The number of carbonyl (C=O) groups excluding carboxylic acids is 1. The number of hydrogen-bond donors (Lipinski definition) is 0. The molecular formula is C24H21N3O5. The minimum absolute atomic E-state index is 0.203. The first-order chi connectivity index (χ1) is 15.7. The lowest BCUT2D eigenvalue weighted by molar-refractivity contribution is 0.0299. The summed E-state index contributed by atoms with van der Waals surface area (Å²) in [6, 6.07) is 17.0. The van der Waals surface area contributed by atoms with Gasteiger partial charge in [0.15, 0.2) is 29.3 Å². The molecular weight excluding hydrogens is 410 g/mol. The molecule has 0 aliphatic carbocycles. The Morgan fingerprint density at radius 1 is 0.969 bits per heavy atom. The second kappa shape index (κ2) is 8.68. The second-order valence-corrected chi connectivity index (χ2v) is 7.23. The van der Waals surface area contributed by atoms with Crippen LogP contribution in [-0.2, 0) is 4.74 Å². The summed E-state index contributed by atoms with van der Waals surface area (Å²) in [4.78, 5) is 23.8. The molecule has 0 saturated carbocycles. The van der Waals surface area contributed by atoms with Gasteiger partial charge in [-0.1, -0.05) is 18.2 Å². The standard InChI is InChI=1S/C24H21N3O5/c1-29-18-9-7-16(8-10-18)21-19(26-23(32-21)17-5-3-2-4-6-17)22-20(25-15-31-22)24(28)27-11-13-30-14-12-27/h2-10,15H,11-14H2,1H3. The highest BCUT2D eigenvalue weighted by molar-refractivity contribution is 5.98. The highest BCUT2D eigenvalue weighted by Crippen LogP contribution is 2.38. The summed E-state index contributed by atoms with van der Waals surface area (Å²) in [5.41, 5.74) is 2.21. The highest BCUT2D eigenvalue weighted by Gasteiger charge is 2.29. The van der Waals surface area contributed by atoms with Crippen LogP contribution in [0.3, 0.4) is 0 Å². The smallest absolute Gasteiger partial charge is 0.276 e. The van der Waals surface area contributed by atoms with Gasteiger partial charge in [0.2, 0.25) is 5.89 Å². The molecule has 3 heterocycles. The number of oxazole rings is 2. The first-order valence-electron chi connectivity index (χ1n) is 10.3. The van der Waals surface area contributed by atoms with Gasteiger partial charge in [-0.3, -0.25) is 4.79 Å². The largest absolute Gasteiger partial charge is 0.497 e. The van der Waals surface area contributed by atoms with Crippen molar-refractivity contribution in [3.63, 3.8) is 0 Å². The van der Waals surface area contributed by atoms with Gasteiger partial charge in [-0.2, -0.15) is 0 Å². The third kappa shape index (κ3) is 3.76. The van der Waals surface area contributed by atoms with Gasteiger partial charge < -0.3 is 23.2 Å². The summed E-state index contributed by atoms with van der Waals surface area (Å²) < 4.78 is 22.5. The van der Waals surface area contributed by atoms with E-state index < -0.39 is 0 Å². The van der Waals surface area contributed by atoms with E-state index in [1.54, 1.807) is 12.0 Å². The number of morpholine rings is 1. The van der Waals surface area contributed by atoms with Crippen molar-refractivity contribution < 1.29 is 23.1 Å². The first kappa shape index (κ1) is 20.0. The zero-order valence-corrected chi connectivity index (χ0v) is 17.5. The van der Waals surface area contributed by atoms with Crippen molar-refractivity contribution in [2.75, 3.05) is 33.4 Å². The Balaban J connectivity index is 1.61. The summed E-state index contributed by atoms with van der Waals surface area (Å²) in [5, 5.41) is 0. The number of methoxy groups -OCH3 is 1. The van der Waals surface area contributed by atoms with Crippen LogP contribution in [0.25, 0.3) is 34.2 Å². The third-order valence-electron chi connectivity index (χ3n) is 5.28. The fourth-order valence-corrected chi connectivity index (χ4v) is 3.60. The third-order valence-corrected chi connectivity index (χ3v) is 5.28. The molecule has 1 aliphatic heterocycles. The average molecular weight is 431 g/mol. The lowest BCUT2D eigenvalue weighted by Crippen LogP contribution is -2.41. The van der Waals surface area contributed by atoms with Crippen LogP contribution in [0.1, 0.15) is 10.5 Å². The molecule has 1 fully saturated rings. The Bertz CT molecular complexity index is 1210. The van der Waals surface area contributed by atoms with Crippen molar-refractivity contribution in [3.8, 4) is 40.0 Å². The Morgan fingerprint density at radius 2 is 1.72 bits per heavy atom. The Labute approximate surface area is 184 Å². The molecule has 4 aromatic rings. The van der Waals surface area contributed by atoms with Crippen molar-refractivity contribution in [2.24, 2.45) is 0 Å². The lowest BCUT2D eigenvalue weighted by atomic mass is 10.1. The molecule has 1 aliphatic rings. The minimum Gasteiger partial charge on any atom is -0.497 e. The maximum Gasteiger partial charge on any atom is 0.276 e. The SMILES string of the molecule is COc1ccc(-c2oc(-c3ccccc3)nc2-c2ocnc2C(=O)N2CCOCC2)cc1. The van der Waals surface area contributed by atoms with Crippen LogP contribution in [0, 0.1) is 0 Å². The molecule has 2 aromatic heterocycles. The molecule has 8 nitrogen and oxygen atoms in total. The Kier molecular flexibility index (Phi) is 5.43.